The highest BCUT2D eigenvalue weighted by molar-refractivity contribution is 6.05. The number of fused-ring (bicyclic) bond motifs is 2. The number of aromatic amines is 2. The van der Waals surface area contributed by atoms with Gasteiger partial charge in [0.15, 0.2) is 11.3 Å². The number of anilines is 2. The van der Waals surface area contributed by atoms with E-state index in [2.05, 4.69) is 71.3 Å². The number of hydrogen-bond acceptors (Lipinski definition) is 11. The van der Waals surface area contributed by atoms with Gasteiger partial charge in [-0.05, 0) is 36.8 Å². The van der Waals surface area contributed by atoms with Gasteiger partial charge in [0, 0.05) is 70.9 Å². The van der Waals surface area contributed by atoms with Crippen molar-refractivity contribution in [1.29, 1.82) is 0 Å². The first kappa shape index (κ1) is 39.4. The molecule has 4 amide bonds. The zero-order chi connectivity index (χ0) is 38.8. The van der Waals surface area contributed by atoms with Crippen LogP contribution in [0.1, 0.15) is 54.3 Å². The first-order chi connectivity index (χ1) is 26.0. The molecule has 0 radical (unpaired) electrons. The fourth-order valence-electron chi connectivity index (χ4n) is 6.39. The van der Waals surface area contributed by atoms with Crippen LogP contribution >= 0.6 is 0 Å². The molecule has 0 aromatic carbocycles. The minimum Gasteiger partial charge on any atom is -0.383 e. The van der Waals surface area contributed by atoms with Gasteiger partial charge in [-0.2, -0.15) is 0 Å². The molecule has 4 aromatic rings. The summed E-state index contributed by atoms with van der Waals surface area (Å²) >= 11 is 0. The van der Waals surface area contributed by atoms with Crippen molar-refractivity contribution in [3.05, 3.63) is 61.2 Å². The van der Waals surface area contributed by atoms with Crippen LogP contribution in [0.3, 0.4) is 0 Å². The molecule has 2 aliphatic heterocycles. The van der Waals surface area contributed by atoms with Crippen LogP contribution in [0, 0.1) is 11.8 Å². The van der Waals surface area contributed by atoms with Gasteiger partial charge in [-0.1, -0.05) is 33.9 Å². The van der Waals surface area contributed by atoms with Crippen LogP contribution in [-0.2, 0) is 14.3 Å². The first-order valence-corrected chi connectivity index (χ1v) is 18.1. The van der Waals surface area contributed by atoms with E-state index in [9.17, 15) is 19.2 Å². The SMILES string of the molecule is C=CC(=O)N1CC[C@H](Nc2cnc3[nH]cc(C(=O)NCC(C)C)c3n2)C1.C=CC(=O)N1C[C@@H](CC)[C@@H](Nc2cnc3[nH]cc(C(=O)NCCOC)c3n2)C1. The van der Waals surface area contributed by atoms with Gasteiger partial charge in [0.05, 0.1) is 30.1 Å². The molecule has 2 fully saturated rings. The van der Waals surface area contributed by atoms with Crippen LogP contribution in [0.4, 0.5) is 11.6 Å². The third-order valence-electron chi connectivity index (χ3n) is 9.33. The Labute approximate surface area is 313 Å². The second kappa shape index (κ2) is 18.3. The average molecular weight is 743 g/mol. The standard InChI is InChI=1S/C19H26N6O3.C18H24N6O2/c1-4-12-10-25(16(26)5-2)11-14(12)23-15-9-22-18-17(24-15)13(8-21-18)19(27)20-6-7-28-3;1-4-15(25)24-6-5-12(10-24)22-14-9-20-17-16(23-14)13(8-19-17)18(26)21-7-11(2)3/h5,8-9,12,14H,2,4,6-7,10-11H2,1,3H3,(H,20,27)(H,21,22)(H,23,24);4,8-9,11-12H,1,5-7,10H2,2-3H3,(H,19,20)(H,21,26)(H,22,23)/t12-,14+;12-/m10/s1. The monoisotopic (exact) mass is 742 g/mol. The zero-order valence-electron chi connectivity index (χ0n) is 31.3. The number of nitrogens with zero attached hydrogens (tertiary/aromatic N) is 6. The van der Waals surface area contributed by atoms with Crippen LogP contribution in [0.5, 0.6) is 0 Å². The van der Waals surface area contributed by atoms with Crippen LogP contribution in [0.25, 0.3) is 22.3 Å². The molecule has 6 rings (SSSR count). The molecule has 0 aliphatic carbocycles. The summed E-state index contributed by atoms with van der Waals surface area (Å²) in [5.74, 6) is 1.32. The van der Waals surface area contributed by atoms with Gasteiger partial charge in [0.1, 0.15) is 22.7 Å². The lowest BCUT2D eigenvalue weighted by Gasteiger charge is -2.18. The predicted molar refractivity (Wildman–Crippen MR) is 206 cm³/mol. The molecule has 4 aromatic heterocycles. The van der Waals surface area contributed by atoms with Gasteiger partial charge >= 0.3 is 0 Å². The summed E-state index contributed by atoms with van der Waals surface area (Å²) in [7, 11) is 1.58. The molecule has 0 saturated carbocycles. The first-order valence-electron chi connectivity index (χ1n) is 18.1. The fourth-order valence-corrected chi connectivity index (χ4v) is 6.39. The number of nitrogens with one attached hydrogen (secondary N) is 6. The Morgan fingerprint density at radius 2 is 1.48 bits per heavy atom. The maximum absolute atomic E-state index is 12.4. The third kappa shape index (κ3) is 9.57. The number of rotatable bonds is 14. The highest BCUT2D eigenvalue weighted by Gasteiger charge is 2.33. The largest absolute Gasteiger partial charge is 0.383 e. The minimum atomic E-state index is -0.232. The van der Waals surface area contributed by atoms with E-state index in [-0.39, 0.29) is 35.7 Å². The Morgan fingerprint density at radius 3 is 2.06 bits per heavy atom. The maximum atomic E-state index is 12.4. The van der Waals surface area contributed by atoms with Crippen molar-refractivity contribution in [2.45, 2.75) is 45.7 Å². The molecular weight excluding hydrogens is 692 g/mol. The Hall–Kier alpha value is -5.84. The number of likely N-dealkylation sites (tertiary alicyclic amines) is 2. The Morgan fingerprint density at radius 1 is 0.889 bits per heavy atom. The third-order valence-corrected chi connectivity index (χ3v) is 9.33. The smallest absolute Gasteiger partial charge is 0.255 e. The molecule has 54 heavy (non-hydrogen) atoms. The highest BCUT2D eigenvalue weighted by atomic mass is 16.5. The normalized spacial score (nSPS) is 18.0. The molecule has 6 N–H and O–H groups in total. The lowest BCUT2D eigenvalue weighted by molar-refractivity contribution is -0.125. The summed E-state index contributed by atoms with van der Waals surface area (Å²) in [4.78, 5) is 75.7. The highest BCUT2D eigenvalue weighted by Crippen LogP contribution is 2.25. The average Bonchev–Trinajstić information content (AvgIpc) is 3.99. The molecule has 288 valence electrons. The number of carbonyl (C=O) groups excluding carboxylic acids is 4. The lowest BCUT2D eigenvalue weighted by atomic mass is 10.0. The van der Waals surface area contributed by atoms with Crippen LogP contribution in [-0.4, -0.2) is 128 Å². The summed E-state index contributed by atoms with van der Waals surface area (Å²) in [6.07, 6.45) is 10.9. The fraction of sp³-hybridized carbons (Fsp3) is 0.459. The number of hydrogen-bond donors (Lipinski definition) is 6. The van der Waals surface area contributed by atoms with Crippen molar-refractivity contribution in [1.82, 2.24) is 50.3 Å². The summed E-state index contributed by atoms with van der Waals surface area (Å²) in [6, 6.07) is 0.168. The maximum Gasteiger partial charge on any atom is 0.255 e. The molecule has 17 heteroatoms. The number of H-pyrrole nitrogens is 2. The van der Waals surface area contributed by atoms with E-state index >= 15 is 0 Å². The van der Waals surface area contributed by atoms with Crippen LogP contribution in [0.2, 0.25) is 0 Å². The molecular formula is C37H50N12O5. The van der Waals surface area contributed by atoms with Crippen molar-refractivity contribution in [2.24, 2.45) is 11.8 Å². The van der Waals surface area contributed by atoms with E-state index in [0.29, 0.717) is 103 Å². The van der Waals surface area contributed by atoms with Crippen molar-refractivity contribution in [2.75, 3.05) is 63.6 Å². The number of carbonyl (C=O) groups is 4. The zero-order valence-corrected chi connectivity index (χ0v) is 31.3. The van der Waals surface area contributed by atoms with Crippen LogP contribution in [0.15, 0.2) is 50.1 Å². The quantitative estimate of drug-likeness (QED) is 0.0816. The van der Waals surface area contributed by atoms with E-state index in [1.807, 2.05) is 13.8 Å². The molecule has 0 unspecified atom stereocenters. The molecule has 0 bridgehead atoms. The lowest BCUT2D eigenvalue weighted by Crippen LogP contribution is -2.31. The summed E-state index contributed by atoms with van der Waals surface area (Å²) < 4.78 is 4.95. The van der Waals surface area contributed by atoms with E-state index in [1.54, 1.807) is 41.7 Å². The Kier molecular flexibility index (Phi) is 13.3. The molecule has 17 nitrogen and oxygen atoms in total. The van der Waals surface area contributed by atoms with Crippen molar-refractivity contribution >= 4 is 57.6 Å². The van der Waals surface area contributed by atoms with Gasteiger partial charge in [-0.3, -0.25) is 19.2 Å². The summed E-state index contributed by atoms with van der Waals surface area (Å²) in [5, 5.41) is 12.4. The number of ether oxygens (including phenoxy) is 1. The minimum absolute atomic E-state index is 0.0643. The van der Waals surface area contributed by atoms with Gasteiger partial charge in [-0.25, -0.2) is 19.9 Å². The Bertz CT molecular complexity index is 1970. The van der Waals surface area contributed by atoms with E-state index in [0.717, 1.165) is 12.8 Å². The molecule has 3 atom stereocenters. The van der Waals surface area contributed by atoms with Crippen molar-refractivity contribution in [3.63, 3.8) is 0 Å². The summed E-state index contributed by atoms with van der Waals surface area (Å²) in [6.45, 7) is 17.3. The van der Waals surface area contributed by atoms with Gasteiger partial charge in [0.2, 0.25) is 11.8 Å². The second-order valence-electron chi connectivity index (χ2n) is 13.6. The van der Waals surface area contributed by atoms with E-state index in [1.165, 1.54) is 12.2 Å². The van der Waals surface area contributed by atoms with Crippen molar-refractivity contribution in [3.8, 4) is 0 Å². The van der Waals surface area contributed by atoms with Crippen molar-refractivity contribution < 1.29 is 23.9 Å². The number of amides is 4. The number of methoxy groups -OCH3 is 1. The second-order valence-corrected chi connectivity index (χ2v) is 13.6. The predicted octanol–water partition coefficient (Wildman–Crippen LogP) is 2.71. The molecule has 6 heterocycles. The topological polar surface area (TPSA) is 215 Å². The van der Waals surface area contributed by atoms with E-state index in [4.69, 9.17) is 4.74 Å². The van der Waals surface area contributed by atoms with Gasteiger partial charge in [0.25, 0.3) is 11.8 Å². The Balaban J connectivity index is 0.000000208. The van der Waals surface area contributed by atoms with Gasteiger partial charge in [-0.15, -0.1) is 0 Å². The molecule has 0 spiro atoms. The van der Waals surface area contributed by atoms with Gasteiger partial charge < -0.3 is 45.8 Å². The molecule has 2 saturated heterocycles. The van der Waals surface area contributed by atoms with E-state index < -0.39 is 0 Å². The summed E-state index contributed by atoms with van der Waals surface area (Å²) in [5.41, 5.74) is 3.07. The van der Waals surface area contributed by atoms with Crippen LogP contribution < -0.4 is 21.3 Å². The molecule has 2 aliphatic rings. The number of aromatic nitrogens is 6.